The van der Waals surface area contributed by atoms with Gasteiger partial charge in [-0.2, -0.15) is 0 Å². The average molecular weight is 324 g/mol. The Hall–Kier alpha value is -1.49. The van der Waals surface area contributed by atoms with Crippen molar-refractivity contribution in [2.45, 2.75) is 25.7 Å². The van der Waals surface area contributed by atoms with Crippen LogP contribution in [0.2, 0.25) is 0 Å². The van der Waals surface area contributed by atoms with Gasteiger partial charge in [0.05, 0.1) is 15.6 Å². The van der Waals surface area contributed by atoms with Crippen molar-refractivity contribution in [3.8, 4) is 0 Å². The molecular formula is C14H11BrFNO2. The molecule has 0 unspecified atom stereocenters. The van der Waals surface area contributed by atoms with E-state index in [-0.39, 0.29) is 10.0 Å². The van der Waals surface area contributed by atoms with Crippen molar-refractivity contribution >= 4 is 32.8 Å². The van der Waals surface area contributed by atoms with Crippen LogP contribution in [0.15, 0.2) is 16.6 Å². The number of fused-ring (bicyclic) bond motifs is 1. The standard InChI is InChI=1S/C14H11BrFNO2/c1-6-12(14(18)19)8-4-9(15)10(16)5-11(8)17-13(6)7-2-3-7/h4-5,7H,2-3H2,1H3,(H,18,19). The molecule has 1 fully saturated rings. The molecule has 0 atom stereocenters. The van der Waals surface area contributed by atoms with Crippen LogP contribution in [-0.2, 0) is 0 Å². The van der Waals surface area contributed by atoms with E-state index < -0.39 is 11.8 Å². The summed E-state index contributed by atoms with van der Waals surface area (Å²) in [5.74, 6) is -1.10. The minimum atomic E-state index is -0.995. The number of carboxylic acid groups (broad SMARTS) is 1. The zero-order valence-electron chi connectivity index (χ0n) is 10.2. The number of carboxylic acids is 1. The van der Waals surface area contributed by atoms with Crippen molar-refractivity contribution in [3.05, 3.63) is 39.2 Å². The van der Waals surface area contributed by atoms with Gasteiger partial charge in [-0.1, -0.05) is 0 Å². The van der Waals surface area contributed by atoms with Gasteiger partial charge in [0.2, 0.25) is 0 Å². The summed E-state index contributed by atoms with van der Waals surface area (Å²) in [7, 11) is 0. The Kier molecular flexibility index (Phi) is 2.82. The van der Waals surface area contributed by atoms with Gasteiger partial charge >= 0.3 is 5.97 Å². The third-order valence-corrected chi connectivity index (χ3v) is 4.09. The van der Waals surface area contributed by atoms with Gasteiger partial charge in [0, 0.05) is 23.1 Å². The molecule has 1 aromatic carbocycles. The fourth-order valence-electron chi connectivity index (χ4n) is 2.40. The molecular weight excluding hydrogens is 313 g/mol. The maximum absolute atomic E-state index is 13.6. The molecule has 1 N–H and O–H groups in total. The zero-order valence-corrected chi connectivity index (χ0v) is 11.8. The zero-order chi connectivity index (χ0) is 13.7. The van der Waals surface area contributed by atoms with Gasteiger partial charge in [0.25, 0.3) is 0 Å². The van der Waals surface area contributed by atoms with Crippen LogP contribution in [0.1, 0.15) is 40.4 Å². The van der Waals surface area contributed by atoms with E-state index in [1.807, 2.05) is 0 Å². The number of benzene rings is 1. The molecule has 1 aromatic heterocycles. The van der Waals surface area contributed by atoms with Crippen LogP contribution in [-0.4, -0.2) is 16.1 Å². The predicted octanol–water partition coefficient (Wildman–Crippen LogP) is 4.02. The van der Waals surface area contributed by atoms with Gasteiger partial charge in [-0.05, 0) is 47.3 Å². The Morgan fingerprint density at radius 2 is 2.16 bits per heavy atom. The highest BCUT2D eigenvalue weighted by Crippen LogP contribution is 2.42. The van der Waals surface area contributed by atoms with Crippen LogP contribution < -0.4 is 0 Å². The predicted molar refractivity (Wildman–Crippen MR) is 73.1 cm³/mol. The van der Waals surface area contributed by atoms with E-state index in [4.69, 9.17) is 0 Å². The van der Waals surface area contributed by atoms with E-state index in [2.05, 4.69) is 20.9 Å². The van der Waals surface area contributed by atoms with Crippen molar-refractivity contribution in [1.29, 1.82) is 0 Å². The molecule has 98 valence electrons. The summed E-state index contributed by atoms with van der Waals surface area (Å²) in [6.45, 7) is 1.78. The number of aromatic carboxylic acids is 1. The van der Waals surface area contributed by atoms with Gasteiger partial charge in [0.15, 0.2) is 0 Å². The SMILES string of the molecule is Cc1c(C2CC2)nc2cc(F)c(Br)cc2c1C(=O)O. The second-order valence-corrected chi connectivity index (χ2v) is 5.71. The molecule has 0 spiro atoms. The summed E-state index contributed by atoms with van der Waals surface area (Å²) in [6, 6.07) is 2.78. The summed E-state index contributed by atoms with van der Waals surface area (Å²) in [5.41, 5.74) is 2.13. The highest BCUT2D eigenvalue weighted by atomic mass is 79.9. The first-order valence-electron chi connectivity index (χ1n) is 6.01. The minimum Gasteiger partial charge on any atom is -0.478 e. The number of nitrogens with zero attached hydrogens (tertiary/aromatic N) is 1. The van der Waals surface area contributed by atoms with E-state index in [0.29, 0.717) is 22.4 Å². The van der Waals surface area contributed by atoms with Gasteiger partial charge in [-0.25, -0.2) is 9.18 Å². The van der Waals surface area contributed by atoms with E-state index in [0.717, 1.165) is 18.5 Å². The molecule has 1 saturated carbocycles. The number of pyridine rings is 1. The molecule has 1 aliphatic carbocycles. The van der Waals surface area contributed by atoms with Gasteiger partial charge in [0.1, 0.15) is 5.82 Å². The van der Waals surface area contributed by atoms with Crippen LogP contribution in [0.25, 0.3) is 10.9 Å². The summed E-state index contributed by atoms with van der Waals surface area (Å²) in [5, 5.41) is 9.89. The lowest BCUT2D eigenvalue weighted by Crippen LogP contribution is -2.06. The number of aromatic nitrogens is 1. The molecule has 2 aromatic rings. The summed E-state index contributed by atoms with van der Waals surface area (Å²) >= 11 is 3.09. The summed E-state index contributed by atoms with van der Waals surface area (Å²) in [6.07, 6.45) is 2.05. The van der Waals surface area contributed by atoms with Crippen molar-refractivity contribution in [3.63, 3.8) is 0 Å². The monoisotopic (exact) mass is 323 g/mol. The van der Waals surface area contributed by atoms with Crippen LogP contribution in [0.4, 0.5) is 4.39 Å². The second-order valence-electron chi connectivity index (χ2n) is 4.86. The van der Waals surface area contributed by atoms with E-state index in [1.165, 1.54) is 12.1 Å². The molecule has 3 nitrogen and oxygen atoms in total. The number of hydrogen-bond donors (Lipinski definition) is 1. The third kappa shape index (κ3) is 2.02. The summed E-state index contributed by atoms with van der Waals surface area (Å²) in [4.78, 5) is 15.9. The first-order chi connectivity index (χ1) is 8.99. The van der Waals surface area contributed by atoms with Crippen molar-refractivity contribution in [2.75, 3.05) is 0 Å². The van der Waals surface area contributed by atoms with Gasteiger partial charge < -0.3 is 5.11 Å². The lowest BCUT2D eigenvalue weighted by molar-refractivity contribution is 0.0698. The second kappa shape index (κ2) is 4.27. The molecule has 0 amide bonds. The van der Waals surface area contributed by atoms with Gasteiger partial charge in [-0.15, -0.1) is 0 Å². The van der Waals surface area contributed by atoms with Crippen molar-refractivity contribution in [1.82, 2.24) is 4.98 Å². The van der Waals surface area contributed by atoms with Crippen LogP contribution >= 0.6 is 15.9 Å². The lowest BCUT2D eigenvalue weighted by Gasteiger charge is -2.11. The first kappa shape index (κ1) is 12.5. The maximum Gasteiger partial charge on any atom is 0.336 e. The highest BCUT2D eigenvalue weighted by molar-refractivity contribution is 9.10. The van der Waals surface area contributed by atoms with E-state index in [9.17, 15) is 14.3 Å². The molecule has 0 aliphatic heterocycles. The molecule has 0 bridgehead atoms. The van der Waals surface area contributed by atoms with E-state index >= 15 is 0 Å². The number of rotatable bonds is 2. The lowest BCUT2D eigenvalue weighted by atomic mass is 9.99. The van der Waals surface area contributed by atoms with Gasteiger partial charge in [-0.3, -0.25) is 4.98 Å². The van der Waals surface area contributed by atoms with Crippen LogP contribution in [0.3, 0.4) is 0 Å². The molecule has 3 rings (SSSR count). The fourth-order valence-corrected chi connectivity index (χ4v) is 2.75. The number of halogens is 2. The number of hydrogen-bond acceptors (Lipinski definition) is 2. The van der Waals surface area contributed by atoms with Crippen molar-refractivity contribution < 1.29 is 14.3 Å². The van der Waals surface area contributed by atoms with Crippen molar-refractivity contribution in [2.24, 2.45) is 0 Å². The Bertz CT molecular complexity index is 710. The quantitative estimate of drug-likeness (QED) is 0.908. The van der Waals surface area contributed by atoms with E-state index in [1.54, 1.807) is 6.92 Å². The highest BCUT2D eigenvalue weighted by Gasteiger charge is 2.30. The normalized spacial score (nSPS) is 14.9. The Labute approximate surface area is 117 Å². The minimum absolute atomic E-state index is 0.229. The number of carbonyl (C=O) groups is 1. The maximum atomic E-state index is 13.6. The largest absolute Gasteiger partial charge is 0.478 e. The van der Waals surface area contributed by atoms with Crippen LogP contribution in [0.5, 0.6) is 0 Å². The topological polar surface area (TPSA) is 50.2 Å². The molecule has 1 aliphatic rings. The molecule has 0 radical (unpaired) electrons. The van der Waals surface area contributed by atoms with Crippen LogP contribution in [0, 0.1) is 12.7 Å². The third-order valence-electron chi connectivity index (χ3n) is 3.49. The molecule has 19 heavy (non-hydrogen) atoms. The summed E-state index contributed by atoms with van der Waals surface area (Å²) < 4.78 is 13.8. The smallest absolute Gasteiger partial charge is 0.336 e. The molecule has 0 saturated heterocycles. The Balaban J connectivity index is 2.41. The fraction of sp³-hybridized carbons (Fsp3) is 0.286. The molecule has 1 heterocycles. The average Bonchev–Trinajstić information content (AvgIpc) is 3.14. The Morgan fingerprint density at radius 1 is 1.47 bits per heavy atom. The first-order valence-corrected chi connectivity index (χ1v) is 6.81. The Morgan fingerprint density at radius 3 is 2.74 bits per heavy atom. The molecule has 5 heteroatoms.